The monoisotopic (exact) mass is 641 g/mol. The third-order valence-corrected chi connectivity index (χ3v) is 6.91. The van der Waals surface area contributed by atoms with Crippen LogP contribution in [0.1, 0.15) is 32.1 Å². The Morgan fingerprint density at radius 3 is 2.61 bits per heavy atom. The molecule has 0 saturated carbocycles. The highest BCUT2D eigenvalue weighted by Crippen LogP contribution is 2.34. The van der Waals surface area contributed by atoms with Crippen molar-refractivity contribution >= 4 is 57.1 Å². The van der Waals surface area contributed by atoms with E-state index in [1.165, 1.54) is 6.21 Å². The first-order valence-corrected chi connectivity index (χ1v) is 13.4. The second-order valence-corrected chi connectivity index (χ2v) is 10.3. The Hall–Kier alpha value is -3.84. The SMILES string of the molecule is COc1cc(/C=N\NC(=O)Cc2nnc(NC(=O)c3ccccc3C)s2)cc(I)c1OCc1ccccc1. The molecule has 4 rings (SSSR count). The van der Waals surface area contributed by atoms with Crippen LogP contribution in [0.25, 0.3) is 0 Å². The van der Waals surface area contributed by atoms with Crippen LogP contribution >= 0.6 is 33.9 Å². The van der Waals surface area contributed by atoms with Crippen LogP contribution in [0.5, 0.6) is 11.5 Å². The third-order valence-electron chi connectivity index (χ3n) is 5.27. The molecule has 0 aliphatic rings. The number of aryl methyl sites for hydroxylation is 1. The maximum atomic E-state index is 12.4. The van der Waals surface area contributed by atoms with Crippen LogP contribution in [0.2, 0.25) is 0 Å². The predicted molar refractivity (Wildman–Crippen MR) is 155 cm³/mol. The summed E-state index contributed by atoms with van der Waals surface area (Å²) in [6.45, 7) is 2.27. The van der Waals surface area contributed by atoms with E-state index in [-0.39, 0.29) is 18.2 Å². The number of halogens is 1. The van der Waals surface area contributed by atoms with Gasteiger partial charge < -0.3 is 9.47 Å². The predicted octanol–water partition coefficient (Wildman–Crippen LogP) is 4.98. The number of benzene rings is 3. The van der Waals surface area contributed by atoms with Crippen molar-refractivity contribution in [3.05, 3.63) is 97.6 Å². The molecule has 0 bridgehead atoms. The molecule has 194 valence electrons. The molecule has 9 nitrogen and oxygen atoms in total. The molecular formula is C27H24IN5O4S. The van der Waals surface area contributed by atoms with E-state index in [1.807, 2.05) is 55.5 Å². The van der Waals surface area contributed by atoms with Crippen LogP contribution in [0.4, 0.5) is 5.13 Å². The first-order chi connectivity index (χ1) is 18.4. The molecule has 2 amide bonds. The normalized spacial score (nSPS) is 10.8. The van der Waals surface area contributed by atoms with Gasteiger partial charge in [-0.15, -0.1) is 10.2 Å². The van der Waals surface area contributed by atoms with Crippen LogP contribution in [0.15, 0.2) is 71.8 Å². The number of methoxy groups -OCH3 is 1. The molecule has 0 spiro atoms. The van der Waals surface area contributed by atoms with Gasteiger partial charge in [0.1, 0.15) is 11.6 Å². The number of hydrazone groups is 1. The second-order valence-electron chi connectivity index (χ2n) is 8.05. The third kappa shape index (κ3) is 7.35. The van der Waals surface area contributed by atoms with Gasteiger partial charge in [0, 0.05) is 5.56 Å². The van der Waals surface area contributed by atoms with E-state index in [2.05, 4.69) is 48.6 Å². The molecule has 3 aromatic carbocycles. The zero-order valence-electron chi connectivity index (χ0n) is 20.6. The topological polar surface area (TPSA) is 115 Å². The number of carbonyl (C=O) groups is 2. The van der Waals surface area contributed by atoms with E-state index in [9.17, 15) is 9.59 Å². The summed E-state index contributed by atoms with van der Waals surface area (Å²) >= 11 is 3.31. The molecule has 38 heavy (non-hydrogen) atoms. The quantitative estimate of drug-likeness (QED) is 0.143. The van der Waals surface area contributed by atoms with Crippen molar-refractivity contribution in [3.8, 4) is 11.5 Å². The minimum atomic E-state index is -0.362. The molecule has 0 saturated heterocycles. The first-order valence-electron chi connectivity index (χ1n) is 11.5. The zero-order valence-corrected chi connectivity index (χ0v) is 23.6. The second kappa shape index (κ2) is 13.1. The van der Waals surface area contributed by atoms with Crippen LogP contribution in [0.3, 0.4) is 0 Å². The molecule has 1 aromatic heterocycles. The fraction of sp³-hybridized carbons (Fsp3) is 0.148. The average Bonchev–Trinajstić information content (AvgIpc) is 3.34. The van der Waals surface area contributed by atoms with Crippen molar-refractivity contribution in [1.82, 2.24) is 15.6 Å². The fourth-order valence-electron chi connectivity index (χ4n) is 3.41. The van der Waals surface area contributed by atoms with Crippen molar-refractivity contribution in [2.45, 2.75) is 20.0 Å². The minimum Gasteiger partial charge on any atom is -0.493 e. The molecule has 4 aromatic rings. The maximum absolute atomic E-state index is 12.4. The lowest BCUT2D eigenvalue weighted by Crippen LogP contribution is -2.19. The number of nitrogens with one attached hydrogen (secondary N) is 2. The van der Waals surface area contributed by atoms with E-state index >= 15 is 0 Å². The van der Waals surface area contributed by atoms with Crippen LogP contribution < -0.4 is 20.2 Å². The number of hydrogen-bond acceptors (Lipinski definition) is 8. The molecule has 0 aliphatic heterocycles. The molecule has 0 atom stereocenters. The number of nitrogens with zero attached hydrogens (tertiary/aromatic N) is 3. The van der Waals surface area contributed by atoms with Gasteiger partial charge in [0.05, 0.1) is 23.3 Å². The van der Waals surface area contributed by atoms with Crippen molar-refractivity contribution in [1.29, 1.82) is 0 Å². The standard InChI is InChI=1S/C27H24IN5O4S/c1-17-8-6-7-11-20(17)26(35)30-27-33-32-24(38-27)14-23(34)31-29-15-19-12-21(28)25(22(13-19)36-2)37-16-18-9-4-3-5-10-18/h3-13,15H,14,16H2,1-2H3,(H,31,34)(H,30,33,35)/b29-15-. The Kier molecular flexibility index (Phi) is 9.38. The van der Waals surface area contributed by atoms with Crippen molar-refractivity contribution in [3.63, 3.8) is 0 Å². The van der Waals surface area contributed by atoms with Gasteiger partial charge in [-0.2, -0.15) is 5.10 Å². The van der Waals surface area contributed by atoms with Gasteiger partial charge in [-0.1, -0.05) is 59.9 Å². The summed E-state index contributed by atoms with van der Waals surface area (Å²) in [6, 6.07) is 20.8. The number of hydrogen-bond donors (Lipinski definition) is 2. The summed E-state index contributed by atoms with van der Waals surface area (Å²) in [5.41, 5.74) is 5.68. The van der Waals surface area contributed by atoms with Gasteiger partial charge in [0.2, 0.25) is 11.0 Å². The van der Waals surface area contributed by atoms with Crippen LogP contribution in [-0.2, 0) is 17.8 Å². The van der Waals surface area contributed by atoms with Crippen molar-refractivity contribution in [2.24, 2.45) is 5.10 Å². The summed E-state index contributed by atoms with van der Waals surface area (Å²) < 4.78 is 12.3. The van der Waals surface area contributed by atoms with Gasteiger partial charge >= 0.3 is 0 Å². The molecule has 2 N–H and O–H groups in total. The highest BCUT2D eigenvalue weighted by Gasteiger charge is 2.14. The summed E-state index contributed by atoms with van der Waals surface area (Å²) in [5.74, 6) is 0.564. The molecule has 0 radical (unpaired) electrons. The highest BCUT2D eigenvalue weighted by atomic mass is 127. The largest absolute Gasteiger partial charge is 0.493 e. The van der Waals surface area contributed by atoms with Crippen LogP contribution in [-0.4, -0.2) is 35.3 Å². The minimum absolute atomic E-state index is 0.0254. The number of ether oxygens (including phenoxy) is 2. The Labute approximate surface area is 237 Å². The molecular weight excluding hydrogens is 617 g/mol. The summed E-state index contributed by atoms with van der Waals surface area (Å²) in [6.07, 6.45) is 1.50. The fourth-order valence-corrected chi connectivity index (χ4v) is 4.92. The zero-order chi connectivity index (χ0) is 26.9. The summed E-state index contributed by atoms with van der Waals surface area (Å²) in [4.78, 5) is 24.8. The lowest BCUT2D eigenvalue weighted by atomic mass is 10.1. The van der Waals surface area contributed by atoms with Gasteiger partial charge in [0.25, 0.3) is 5.91 Å². The Balaban J connectivity index is 1.31. The van der Waals surface area contributed by atoms with E-state index in [0.717, 1.165) is 31.6 Å². The Morgan fingerprint density at radius 2 is 1.84 bits per heavy atom. The van der Waals surface area contributed by atoms with Gasteiger partial charge in [-0.25, -0.2) is 5.43 Å². The van der Waals surface area contributed by atoms with E-state index in [0.29, 0.717) is 33.8 Å². The Bertz CT molecular complexity index is 1460. The average molecular weight is 641 g/mol. The van der Waals surface area contributed by atoms with Crippen LogP contribution in [0, 0.1) is 10.5 Å². The summed E-state index contributed by atoms with van der Waals surface area (Å²) in [7, 11) is 1.57. The van der Waals surface area contributed by atoms with Gasteiger partial charge in [0.15, 0.2) is 11.5 Å². The van der Waals surface area contributed by atoms with Crippen molar-refractivity contribution < 1.29 is 19.1 Å². The van der Waals surface area contributed by atoms with Gasteiger partial charge in [-0.05, 0) is 64.4 Å². The van der Waals surface area contributed by atoms with Gasteiger partial charge in [-0.3, -0.25) is 14.9 Å². The maximum Gasteiger partial charge on any atom is 0.257 e. The number of rotatable bonds is 10. The lowest BCUT2D eigenvalue weighted by molar-refractivity contribution is -0.120. The lowest BCUT2D eigenvalue weighted by Gasteiger charge is -2.13. The number of carbonyl (C=O) groups excluding carboxylic acids is 2. The molecule has 0 aliphatic carbocycles. The molecule has 0 fully saturated rings. The number of anilines is 1. The first kappa shape index (κ1) is 27.2. The van der Waals surface area contributed by atoms with Crippen molar-refractivity contribution in [2.75, 3.05) is 12.4 Å². The summed E-state index contributed by atoms with van der Waals surface area (Å²) in [5, 5.41) is 15.5. The number of aromatic nitrogens is 2. The Morgan fingerprint density at radius 1 is 1.08 bits per heavy atom. The smallest absolute Gasteiger partial charge is 0.257 e. The van der Waals surface area contributed by atoms with E-state index in [1.54, 1.807) is 25.3 Å². The number of amides is 2. The molecule has 11 heteroatoms. The molecule has 1 heterocycles. The molecule has 0 unspecified atom stereocenters. The van der Waals surface area contributed by atoms with E-state index < -0.39 is 0 Å². The van der Waals surface area contributed by atoms with E-state index in [4.69, 9.17) is 9.47 Å². The highest BCUT2D eigenvalue weighted by molar-refractivity contribution is 14.1.